The average molecular weight is 220 g/mol. The zero-order chi connectivity index (χ0) is 11.5. The van der Waals surface area contributed by atoms with Crippen LogP contribution in [0.15, 0.2) is 27.7 Å². The summed E-state index contributed by atoms with van der Waals surface area (Å²) in [5.41, 5.74) is 6.14. The Balaban J connectivity index is 2.05. The second-order valence-electron chi connectivity index (χ2n) is 3.46. The third kappa shape index (κ3) is 2.22. The van der Waals surface area contributed by atoms with Crippen molar-refractivity contribution in [2.24, 2.45) is 0 Å². The molecule has 6 nitrogen and oxygen atoms in total. The highest BCUT2D eigenvalue weighted by molar-refractivity contribution is 5.36. The van der Waals surface area contributed by atoms with Crippen LogP contribution in [0, 0.1) is 6.92 Å². The number of nitrogens with two attached hydrogens (primary N) is 1. The Bertz CT molecular complexity index is 544. The molecule has 2 heterocycles. The van der Waals surface area contributed by atoms with Crippen molar-refractivity contribution in [2.75, 3.05) is 11.1 Å². The van der Waals surface area contributed by atoms with Gasteiger partial charge in [-0.3, -0.25) is 9.78 Å². The van der Waals surface area contributed by atoms with Gasteiger partial charge in [-0.25, -0.2) is 4.98 Å². The molecule has 0 saturated heterocycles. The fraction of sp³-hybridized carbons (Fsp3) is 0.200. The van der Waals surface area contributed by atoms with Gasteiger partial charge in [-0.2, -0.15) is 0 Å². The van der Waals surface area contributed by atoms with E-state index in [9.17, 15) is 4.79 Å². The number of aromatic amines is 1. The van der Waals surface area contributed by atoms with Gasteiger partial charge >= 0.3 is 0 Å². The molecule has 16 heavy (non-hydrogen) atoms. The molecule has 0 amide bonds. The Morgan fingerprint density at radius 1 is 1.62 bits per heavy atom. The first kappa shape index (κ1) is 10.3. The van der Waals surface area contributed by atoms with Gasteiger partial charge in [0.05, 0.1) is 19.0 Å². The van der Waals surface area contributed by atoms with E-state index >= 15 is 0 Å². The number of aryl methyl sites for hydroxylation is 1. The predicted octanol–water partition coefficient (Wildman–Crippen LogP) is 0.866. The maximum atomic E-state index is 11.2. The highest BCUT2D eigenvalue weighted by Gasteiger charge is 2.01. The lowest BCUT2D eigenvalue weighted by Crippen LogP contribution is -2.15. The van der Waals surface area contributed by atoms with Crippen molar-refractivity contribution in [2.45, 2.75) is 13.5 Å². The van der Waals surface area contributed by atoms with E-state index in [0.717, 1.165) is 11.3 Å². The third-order valence-electron chi connectivity index (χ3n) is 2.04. The van der Waals surface area contributed by atoms with Crippen LogP contribution in [0.1, 0.15) is 11.3 Å². The van der Waals surface area contributed by atoms with Gasteiger partial charge in [-0.1, -0.05) is 0 Å². The van der Waals surface area contributed by atoms with Crippen molar-refractivity contribution in [1.29, 1.82) is 0 Å². The van der Waals surface area contributed by atoms with Crippen molar-refractivity contribution >= 4 is 11.6 Å². The molecule has 0 aliphatic carbocycles. The fourth-order valence-corrected chi connectivity index (χ4v) is 1.25. The number of furan rings is 1. The maximum absolute atomic E-state index is 11.2. The molecule has 0 fully saturated rings. The van der Waals surface area contributed by atoms with Gasteiger partial charge in [0.25, 0.3) is 5.56 Å². The fourth-order valence-electron chi connectivity index (χ4n) is 1.25. The molecule has 0 aromatic carbocycles. The molecule has 0 aliphatic rings. The molecule has 0 bridgehead atoms. The average Bonchev–Trinajstić information content (AvgIpc) is 2.66. The van der Waals surface area contributed by atoms with Crippen LogP contribution in [0.3, 0.4) is 0 Å². The predicted molar refractivity (Wildman–Crippen MR) is 60.0 cm³/mol. The standard InChI is InChI=1S/C10H12N4O2/c1-6-2-7(16-5-6)3-12-10-13-4-8(11)9(15)14-10/h2,4-5H,3,11H2,1H3,(H2,12,13,14,15). The van der Waals surface area contributed by atoms with Gasteiger partial charge in [-0.15, -0.1) is 0 Å². The Hall–Kier alpha value is -2.24. The molecule has 84 valence electrons. The zero-order valence-electron chi connectivity index (χ0n) is 8.78. The summed E-state index contributed by atoms with van der Waals surface area (Å²) in [6, 6.07) is 1.91. The molecule has 0 radical (unpaired) electrons. The molecular weight excluding hydrogens is 208 g/mol. The third-order valence-corrected chi connectivity index (χ3v) is 2.04. The van der Waals surface area contributed by atoms with Crippen LogP contribution in [-0.2, 0) is 6.54 Å². The molecule has 6 heteroatoms. The first-order valence-corrected chi connectivity index (χ1v) is 4.78. The summed E-state index contributed by atoms with van der Waals surface area (Å²) in [5, 5.41) is 2.93. The van der Waals surface area contributed by atoms with Gasteiger partial charge in [-0.05, 0) is 18.6 Å². The summed E-state index contributed by atoms with van der Waals surface area (Å²) in [5.74, 6) is 1.14. The Kier molecular flexibility index (Phi) is 2.63. The monoisotopic (exact) mass is 220 g/mol. The molecular formula is C10H12N4O2. The van der Waals surface area contributed by atoms with E-state index in [0.29, 0.717) is 12.5 Å². The highest BCUT2D eigenvalue weighted by Crippen LogP contribution is 2.07. The van der Waals surface area contributed by atoms with Crippen LogP contribution >= 0.6 is 0 Å². The number of anilines is 2. The lowest BCUT2D eigenvalue weighted by atomic mass is 10.3. The number of hydrogen-bond donors (Lipinski definition) is 3. The van der Waals surface area contributed by atoms with Crippen LogP contribution in [0.5, 0.6) is 0 Å². The second kappa shape index (κ2) is 4.09. The molecule has 0 atom stereocenters. The van der Waals surface area contributed by atoms with E-state index in [-0.39, 0.29) is 11.2 Å². The first-order valence-electron chi connectivity index (χ1n) is 4.78. The number of nitrogen functional groups attached to an aromatic ring is 1. The van der Waals surface area contributed by atoms with Gasteiger partial charge < -0.3 is 15.5 Å². The van der Waals surface area contributed by atoms with Crippen LogP contribution in [0.25, 0.3) is 0 Å². The van der Waals surface area contributed by atoms with Crippen LogP contribution in [-0.4, -0.2) is 9.97 Å². The summed E-state index contributed by atoms with van der Waals surface area (Å²) >= 11 is 0. The minimum Gasteiger partial charge on any atom is -0.467 e. The maximum Gasteiger partial charge on any atom is 0.275 e. The lowest BCUT2D eigenvalue weighted by Gasteiger charge is -2.02. The quantitative estimate of drug-likeness (QED) is 0.713. The van der Waals surface area contributed by atoms with Crippen molar-refractivity contribution in [3.8, 4) is 0 Å². The van der Waals surface area contributed by atoms with Gasteiger partial charge in [0.1, 0.15) is 11.4 Å². The molecule has 2 aromatic rings. The Labute approximate surface area is 91.5 Å². The van der Waals surface area contributed by atoms with Crippen LogP contribution in [0.2, 0.25) is 0 Å². The number of aromatic nitrogens is 2. The molecule has 0 spiro atoms. The van der Waals surface area contributed by atoms with Crippen molar-refractivity contribution in [3.05, 3.63) is 40.2 Å². The number of rotatable bonds is 3. The summed E-state index contributed by atoms with van der Waals surface area (Å²) in [4.78, 5) is 17.6. The molecule has 2 rings (SSSR count). The largest absolute Gasteiger partial charge is 0.467 e. The van der Waals surface area contributed by atoms with Crippen molar-refractivity contribution in [3.63, 3.8) is 0 Å². The molecule has 0 unspecified atom stereocenters. The Morgan fingerprint density at radius 3 is 3.06 bits per heavy atom. The molecule has 2 aromatic heterocycles. The van der Waals surface area contributed by atoms with Crippen LogP contribution < -0.4 is 16.6 Å². The molecule has 0 aliphatic heterocycles. The topological polar surface area (TPSA) is 96.9 Å². The zero-order valence-corrected chi connectivity index (χ0v) is 8.78. The first-order chi connectivity index (χ1) is 7.65. The smallest absolute Gasteiger partial charge is 0.275 e. The lowest BCUT2D eigenvalue weighted by molar-refractivity contribution is 0.516. The normalized spacial score (nSPS) is 10.3. The SMILES string of the molecule is Cc1coc(CNc2ncc(N)c(=O)[nH]2)c1. The van der Waals surface area contributed by atoms with Gasteiger partial charge in [0.15, 0.2) is 0 Å². The summed E-state index contributed by atoms with van der Waals surface area (Å²) in [6.07, 6.45) is 2.98. The highest BCUT2D eigenvalue weighted by atomic mass is 16.3. The number of H-pyrrole nitrogens is 1. The number of nitrogens with one attached hydrogen (secondary N) is 2. The van der Waals surface area contributed by atoms with E-state index in [1.807, 2.05) is 13.0 Å². The van der Waals surface area contributed by atoms with E-state index < -0.39 is 0 Å². The van der Waals surface area contributed by atoms with E-state index in [2.05, 4.69) is 15.3 Å². The van der Waals surface area contributed by atoms with Crippen molar-refractivity contribution in [1.82, 2.24) is 9.97 Å². The minimum absolute atomic E-state index is 0.0967. The van der Waals surface area contributed by atoms with E-state index in [1.54, 1.807) is 6.26 Å². The summed E-state index contributed by atoms with van der Waals surface area (Å²) in [6.45, 7) is 2.40. The minimum atomic E-state index is -0.354. The van der Waals surface area contributed by atoms with E-state index in [1.165, 1.54) is 6.20 Å². The molecule has 0 saturated carbocycles. The van der Waals surface area contributed by atoms with E-state index in [4.69, 9.17) is 10.2 Å². The van der Waals surface area contributed by atoms with Crippen LogP contribution in [0.4, 0.5) is 11.6 Å². The van der Waals surface area contributed by atoms with Crippen molar-refractivity contribution < 1.29 is 4.42 Å². The summed E-state index contributed by atoms with van der Waals surface area (Å²) < 4.78 is 5.23. The van der Waals surface area contributed by atoms with Gasteiger partial charge in [0, 0.05) is 0 Å². The number of hydrogen-bond acceptors (Lipinski definition) is 5. The Morgan fingerprint density at radius 2 is 2.44 bits per heavy atom. The number of nitrogens with zero attached hydrogens (tertiary/aromatic N) is 1. The summed E-state index contributed by atoms with van der Waals surface area (Å²) in [7, 11) is 0. The second-order valence-corrected chi connectivity index (χ2v) is 3.46. The molecule has 4 N–H and O–H groups in total. The van der Waals surface area contributed by atoms with Gasteiger partial charge in [0.2, 0.25) is 5.95 Å².